The van der Waals surface area contributed by atoms with Crippen molar-refractivity contribution in [1.29, 1.82) is 15.8 Å². The molecule has 2 rings (SSSR count). The molecule has 25 heavy (non-hydrogen) atoms. The minimum absolute atomic E-state index is 0.111. The highest BCUT2D eigenvalue weighted by molar-refractivity contribution is 5.88. The minimum atomic E-state index is -1.05. The number of carboxylic acids is 1. The van der Waals surface area contributed by atoms with Crippen LogP contribution in [0.2, 0.25) is 0 Å². The van der Waals surface area contributed by atoms with Gasteiger partial charge >= 0.3 is 5.97 Å². The van der Waals surface area contributed by atoms with Crippen molar-refractivity contribution >= 4 is 11.7 Å². The van der Waals surface area contributed by atoms with Crippen molar-refractivity contribution in [3.8, 4) is 29.7 Å². The molecule has 0 fully saturated rings. The number of rotatable bonds is 5. The van der Waals surface area contributed by atoms with Gasteiger partial charge in [-0.2, -0.15) is 15.8 Å². The molecule has 7 heteroatoms. The topological polar surface area (TPSA) is 130 Å². The standard InChI is InChI=1S/C18H10N4O3/c19-9-13(10-20)17(11-21)22-14-4-6-15(7-5-14)25-16-3-1-2-12(8-16)18(23)24/h1-8,22H,(H,23,24). The molecule has 2 N–H and O–H groups in total. The van der Waals surface area contributed by atoms with Gasteiger partial charge in [0.25, 0.3) is 0 Å². The quantitative estimate of drug-likeness (QED) is 0.803. The van der Waals surface area contributed by atoms with Crippen LogP contribution in [-0.2, 0) is 0 Å². The highest BCUT2D eigenvalue weighted by atomic mass is 16.5. The van der Waals surface area contributed by atoms with Crippen molar-refractivity contribution in [1.82, 2.24) is 0 Å². The summed E-state index contributed by atoms with van der Waals surface area (Å²) in [6, 6.07) is 17.5. The van der Waals surface area contributed by atoms with Crippen molar-refractivity contribution in [2.45, 2.75) is 0 Å². The summed E-state index contributed by atoms with van der Waals surface area (Å²) in [5.41, 5.74) is 0.146. The smallest absolute Gasteiger partial charge is 0.335 e. The molecule has 0 aliphatic heterocycles. The Bertz CT molecular complexity index is 942. The number of nitriles is 3. The lowest BCUT2D eigenvalue weighted by Gasteiger charge is -2.08. The van der Waals surface area contributed by atoms with E-state index in [1.165, 1.54) is 12.1 Å². The fourth-order valence-corrected chi connectivity index (χ4v) is 1.86. The maximum atomic E-state index is 10.9. The van der Waals surface area contributed by atoms with Crippen LogP contribution in [0.15, 0.2) is 59.8 Å². The van der Waals surface area contributed by atoms with Crippen molar-refractivity contribution in [3.05, 3.63) is 65.4 Å². The lowest BCUT2D eigenvalue weighted by molar-refractivity contribution is 0.0696. The van der Waals surface area contributed by atoms with E-state index in [0.717, 1.165) is 0 Å². The Morgan fingerprint density at radius 1 is 0.960 bits per heavy atom. The first-order valence-electron chi connectivity index (χ1n) is 6.90. The van der Waals surface area contributed by atoms with E-state index in [1.807, 2.05) is 0 Å². The summed E-state index contributed by atoms with van der Waals surface area (Å²) in [5, 5.41) is 38.2. The Balaban J connectivity index is 2.16. The third kappa shape index (κ3) is 4.35. The predicted octanol–water partition coefficient (Wildman–Crippen LogP) is 3.41. The summed E-state index contributed by atoms with van der Waals surface area (Å²) in [7, 11) is 0. The molecular formula is C18H10N4O3. The Labute approximate surface area is 143 Å². The van der Waals surface area contributed by atoms with Gasteiger partial charge in [0.1, 0.15) is 35.4 Å². The number of carboxylic acid groups (broad SMARTS) is 1. The predicted molar refractivity (Wildman–Crippen MR) is 87.4 cm³/mol. The molecule has 0 radical (unpaired) electrons. The van der Waals surface area contributed by atoms with Crippen LogP contribution in [0.25, 0.3) is 0 Å². The number of aromatic carboxylic acids is 1. The first-order chi connectivity index (χ1) is 12.1. The molecule has 2 aromatic rings. The Hall–Kier alpha value is -4.28. The second kappa shape index (κ2) is 7.82. The molecule has 0 unspecified atom stereocenters. The number of hydrogen-bond donors (Lipinski definition) is 2. The van der Waals surface area contributed by atoms with Crippen LogP contribution >= 0.6 is 0 Å². The summed E-state index contributed by atoms with van der Waals surface area (Å²) in [5.74, 6) is -0.225. The normalized spacial score (nSPS) is 9.00. The third-order valence-corrected chi connectivity index (χ3v) is 3.03. The average molecular weight is 330 g/mol. The van der Waals surface area contributed by atoms with Crippen molar-refractivity contribution < 1.29 is 14.6 Å². The molecule has 0 amide bonds. The van der Waals surface area contributed by atoms with Crippen LogP contribution < -0.4 is 10.1 Å². The number of hydrogen-bond acceptors (Lipinski definition) is 6. The van der Waals surface area contributed by atoms with E-state index < -0.39 is 5.97 Å². The van der Waals surface area contributed by atoms with Gasteiger partial charge in [0, 0.05) is 5.69 Å². The van der Waals surface area contributed by atoms with Gasteiger partial charge in [0.05, 0.1) is 5.56 Å². The van der Waals surface area contributed by atoms with Crippen LogP contribution in [0, 0.1) is 34.0 Å². The van der Waals surface area contributed by atoms with Gasteiger partial charge < -0.3 is 15.2 Å². The van der Waals surface area contributed by atoms with E-state index in [1.54, 1.807) is 54.6 Å². The van der Waals surface area contributed by atoms with Crippen molar-refractivity contribution in [3.63, 3.8) is 0 Å². The summed E-state index contributed by atoms with van der Waals surface area (Å²) < 4.78 is 5.57. The molecular weight excluding hydrogens is 320 g/mol. The van der Waals surface area contributed by atoms with Gasteiger partial charge in [0.15, 0.2) is 5.57 Å². The Morgan fingerprint density at radius 3 is 2.20 bits per heavy atom. The molecule has 2 aromatic carbocycles. The second-order valence-corrected chi connectivity index (χ2v) is 4.67. The first-order valence-corrected chi connectivity index (χ1v) is 6.90. The fraction of sp³-hybridized carbons (Fsp3) is 0. The maximum absolute atomic E-state index is 10.9. The molecule has 0 bridgehead atoms. The Morgan fingerprint density at radius 2 is 1.64 bits per heavy atom. The molecule has 0 saturated carbocycles. The van der Waals surface area contributed by atoms with Crippen LogP contribution in [0.3, 0.4) is 0 Å². The van der Waals surface area contributed by atoms with Gasteiger partial charge in [-0.25, -0.2) is 4.79 Å². The number of ether oxygens (including phenoxy) is 1. The zero-order chi connectivity index (χ0) is 18.2. The molecule has 0 aliphatic rings. The van der Waals surface area contributed by atoms with E-state index in [0.29, 0.717) is 17.2 Å². The van der Waals surface area contributed by atoms with Crippen LogP contribution in [0.1, 0.15) is 10.4 Å². The van der Waals surface area contributed by atoms with Crippen molar-refractivity contribution in [2.75, 3.05) is 5.32 Å². The molecule has 0 heterocycles. The van der Waals surface area contributed by atoms with E-state index in [4.69, 9.17) is 25.6 Å². The van der Waals surface area contributed by atoms with Gasteiger partial charge in [-0.15, -0.1) is 0 Å². The first kappa shape index (κ1) is 17.1. The summed E-state index contributed by atoms with van der Waals surface area (Å²) in [6.07, 6.45) is 0. The largest absolute Gasteiger partial charge is 0.478 e. The monoisotopic (exact) mass is 330 g/mol. The molecule has 0 aliphatic carbocycles. The maximum Gasteiger partial charge on any atom is 0.335 e. The van der Waals surface area contributed by atoms with Crippen LogP contribution in [0.4, 0.5) is 5.69 Å². The lowest BCUT2D eigenvalue weighted by atomic mass is 10.2. The van der Waals surface area contributed by atoms with Gasteiger partial charge in [-0.05, 0) is 42.5 Å². The number of benzene rings is 2. The van der Waals surface area contributed by atoms with Crippen LogP contribution in [-0.4, -0.2) is 11.1 Å². The average Bonchev–Trinajstić information content (AvgIpc) is 2.63. The number of allylic oxidation sites excluding steroid dienone is 2. The lowest BCUT2D eigenvalue weighted by Crippen LogP contribution is -2.00. The molecule has 0 spiro atoms. The van der Waals surface area contributed by atoms with E-state index in [9.17, 15) is 4.79 Å². The van der Waals surface area contributed by atoms with E-state index >= 15 is 0 Å². The van der Waals surface area contributed by atoms with Crippen molar-refractivity contribution in [2.24, 2.45) is 0 Å². The molecule has 0 aromatic heterocycles. The second-order valence-electron chi connectivity index (χ2n) is 4.67. The highest BCUT2D eigenvalue weighted by Crippen LogP contribution is 2.24. The molecule has 120 valence electrons. The summed E-state index contributed by atoms with van der Waals surface area (Å²) in [6.45, 7) is 0. The van der Waals surface area contributed by atoms with Gasteiger partial charge in [-0.1, -0.05) is 6.07 Å². The van der Waals surface area contributed by atoms with Crippen LogP contribution in [0.5, 0.6) is 11.5 Å². The zero-order valence-electron chi connectivity index (χ0n) is 12.7. The minimum Gasteiger partial charge on any atom is -0.478 e. The number of anilines is 1. The summed E-state index contributed by atoms with van der Waals surface area (Å²) in [4.78, 5) is 10.9. The fourth-order valence-electron chi connectivity index (χ4n) is 1.86. The number of nitrogens with one attached hydrogen (secondary N) is 1. The summed E-state index contributed by atoms with van der Waals surface area (Å²) >= 11 is 0. The molecule has 0 saturated heterocycles. The Kier molecular flexibility index (Phi) is 5.35. The van der Waals surface area contributed by atoms with E-state index in [2.05, 4.69) is 5.32 Å². The SMILES string of the molecule is N#CC(C#N)=C(C#N)Nc1ccc(Oc2cccc(C(=O)O)c2)cc1. The highest BCUT2D eigenvalue weighted by Gasteiger charge is 2.07. The molecule has 7 nitrogen and oxygen atoms in total. The van der Waals surface area contributed by atoms with Gasteiger partial charge in [0.2, 0.25) is 0 Å². The number of carbonyl (C=O) groups is 1. The van der Waals surface area contributed by atoms with Gasteiger partial charge in [-0.3, -0.25) is 0 Å². The zero-order valence-corrected chi connectivity index (χ0v) is 12.7. The molecule has 0 atom stereocenters. The van der Waals surface area contributed by atoms with E-state index in [-0.39, 0.29) is 16.8 Å². The third-order valence-electron chi connectivity index (χ3n) is 3.03. The number of nitrogens with zero attached hydrogens (tertiary/aromatic N) is 3.